The van der Waals surface area contributed by atoms with Crippen molar-refractivity contribution in [1.29, 1.82) is 0 Å². The molecule has 7 heteroatoms. The van der Waals surface area contributed by atoms with Crippen LogP contribution < -0.4 is 11.3 Å². The van der Waals surface area contributed by atoms with Gasteiger partial charge in [-0.1, -0.05) is 36.5 Å². The van der Waals surface area contributed by atoms with Crippen LogP contribution in [0.25, 0.3) is 16.6 Å². The van der Waals surface area contributed by atoms with Gasteiger partial charge in [-0.05, 0) is 18.6 Å². The van der Waals surface area contributed by atoms with E-state index in [0.717, 1.165) is 34.7 Å². The first-order valence-corrected chi connectivity index (χ1v) is 8.52. The molecule has 6 nitrogen and oxygen atoms in total. The van der Waals surface area contributed by atoms with E-state index in [0.29, 0.717) is 16.3 Å². The number of anilines is 1. The standard InChI is InChI=1S/C17H15N5OS/c1-2-5-14-21-22-15(18)12(16(23)20-17(22)24-14)8-10-9-19-13-7-4-3-6-11(10)13/h3-4,6-9H,2,5,18H2,1H3/b10-8+. The molecule has 0 saturated heterocycles. The van der Waals surface area contributed by atoms with E-state index < -0.39 is 0 Å². The molecule has 2 N–H and O–H groups in total. The fourth-order valence-electron chi connectivity index (χ4n) is 2.68. The van der Waals surface area contributed by atoms with E-state index in [2.05, 4.69) is 22.0 Å². The first-order chi connectivity index (χ1) is 11.7. The second kappa shape index (κ2) is 5.68. The Kier molecular flexibility index (Phi) is 3.50. The molecule has 1 aliphatic rings. The molecule has 1 aromatic carbocycles. The van der Waals surface area contributed by atoms with Gasteiger partial charge in [0.2, 0.25) is 4.96 Å². The molecule has 1 aliphatic heterocycles. The molecule has 0 atom stereocenters. The van der Waals surface area contributed by atoms with Gasteiger partial charge in [0.15, 0.2) is 0 Å². The summed E-state index contributed by atoms with van der Waals surface area (Å²) >= 11 is 1.40. The van der Waals surface area contributed by atoms with Gasteiger partial charge >= 0.3 is 0 Å². The number of benzene rings is 1. The van der Waals surface area contributed by atoms with E-state index >= 15 is 0 Å². The van der Waals surface area contributed by atoms with Crippen LogP contribution in [0.2, 0.25) is 0 Å². The van der Waals surface area contributed by atoms with Gasteiger partial charge in [0.05, 0.1) is 11.3 Å². The number of aliphatic imine (C=N–C) groups is 1. The average molecular weight is 337 g/mol. The molecule has 3 heterocycles. The Labute approximate surface area is 142 Å². The van der Waals surface area contributed by atoms with E-state index in [1.165, 1.54) is 11.3 Å². The van der Waals surface area contributed by atoms with Crippen LogP contribution in [-0.4, -0.2) is 20.8 Å². The predicted octanol–water partition coefficient (Wildman–Crippen LogP) is 2.94. The molecule has 0 spiro atoms. The lowest BCUT2D eigenvalue weighted by molar-refractivity contribution is 0.842. The van der Waals surface area contributed by atoms with Crippen molar-refractivity contribution in [3.05, 3.63) is 50.8 Å². The number of nitrogens with two attached hydrogens (primary N) is 1. The summed E-state index contributed by atoms with van der Waals surface area (Å²) < 4.78 is 1.56. The van der Waals surface area contributed by atoms with Gasteiger partial charge in [0.1, 0.15) is 10.8 Å². The number of para-hydroxylation sites is 1. The van der Waals surface area contributed by atoms with Crippen molar-refractivity contribution in [1.82, 2.24) is 14.6 Å². The van der Waals surface area contributed by atoms with Gasteiger partial charge in [-0.2, -0.15) is 14.6 Å². The zero-order valence-electron chi connectivity index (χ0n) is 13.1. The third-order valence-electron chi connectivity index (χ3n) is 3.86. The summed E-state index contributed by atoms with van der Waals surface area (Å²) in [6, 6.07) is 7.77. The summed E-state index contributed by atoms with van der Waals surface area (Å²) in [5.74, 6) is 0.314. The van der Waals surface area contributed by atoms with Crippen LogP contribution in [0, 0.1) is 0 Å². The minimum Gasteiger partial charge on any atom is -0.383 e. The smallest absolute Gasteiger partial charge is 0.283 e. The number of hydrogen-bond donors (Lipinski definition) is 1. The number of aromatic nitrogens is 3. The summed E-state index contributed by atoms with van der Waals surface area (Å²) in [6.45, 7) is 2.08. The fraction of sp³-hybridized carbons (Fsp3) is 0.176. The normalized spacial score (nSPS) is 14.6. The zero-order valence-corrected chi connectivity index (χ0v) is 13.9. The number of rotatable bonds is 3. The molecule has 0 radical (unpaired) electrons. The van der Waals surface area contributed by atoms with Crippen molar-refractivity contribution in [2.45, 2.75) is 19.8 Å². The van der Waals surface area contributed by atoms with Crippen LogP contribution in [0.3, 0.4) is 0 Å². The van der Waals surface area contributed by atoms with Crippen LogP contribution in [0.5, 0.6) is 0 Å². The van der Waals surface area contributed by atoms with E-state index in [-0.39, 0.29) is 5.56 Å². The fourth-order valence-corrected chi connectivity index (χ4v) is 3.67. The molecular weight excluding hydrogens is 322 g/mol. The van der Waals surface area contributed by atoms with Gasteiger partial charge in [0, 0.05) is 23.8 Å². The minimum atomic E-state index is -0.343. The molecule has 0 bridgehead atoms. The maximum absolute atomic E-state index is 12.4. The lowest BCUT2D eigenvalue weighted by atomic mass is 10.1. The SMILES string of the molecule is CCCc1nn2c(N)c(/C=C3\C=Nc4ccccc43)c(=O)nc2s1. The second-order valence-corrected chi connectivity index (χ2v) is 6.57. The highest BCUT2D eigenvalue weighted by atomic mass is 32.1. The van der Waals surface area contributed by atoms with Crippen LogP contribution in [0.1, 0.15) is 29.5 Å². The molecular formula is C17H15N5OS. The van der Waals surface area contributed by atoms with Crippen molar-refractivity contribution in [3.63, 3.8) is 0 Å². The molecule has 0 amide bonds. The largest absolute Gasteiger partial charge is 0.383 e. The highest BCUT2D eigenvalue weighted by molar-refractivity contribution is 7.16. The highest BCUT2D eigenvalue weighted by Crippen LogP contribution is 2.32. The summed E-state index contributed by atoms with van der Waals surface area (Å²) in [7, 11) is 0. The van der Waals surface area contributed by atoms with Crippen molar-refractivity contribution >= 4 is 45.7 Å². The third-order valence-corrected chi connectivity index (χ3v) is 4.82. The quantitative estimate of drug-likeness (QED) is 0.796. The number of aryl methyl sites for hydroxylation is 1. The summed E-state index contributed by atoms with van der Waals surface area (Å²) in [5.41, 5.74) is 8.92. The molecule has 3 aromatic rings. The van der Waals surface area contributed by atoms with Crippen molar-refractivity contribution < 1.29 is 0 Å². The van der Waals surface area contributed by atoms with Crippen LogP contribution in [0.4, 0.5) is 11.5 Å². The Balaban J connectivity index is 1.87. The average Bonchev–Trinajstić information content (AvgIpc) is 3.16. The van der Waals surface area contributed by atoms with Crippen molar-refractivity contribution in [2.75, 3.05) is 5.73 Å². The molecule has 2 aromatic heterocycles. The van der Waals surface area contributed by atoms with E-state index in [4.69, 9.17) is 5.73 Å². The number of nitrogen functional groups attached to an aromatic ring is 1. The molecule has 0 unspecified atom stereocenters. The number of hydrogen-bond acceptors (Lipinski definition) is 6. The predicted molar refractivity (Wildman–Crippen MR) is 98.0 cm³/mol. The van der Waals surface area contributed by atoms with E-state index in [1.807, 2.05) is 24.3 Å². The Morgan fingerprint density at radius 2 is 2.17 bits per heavy atom. The van der Waals surface area contributed by atoms with Crippen LogP contribution in [-0.2, 0) is 6.42 Å². The lowest BCUT2D eigenvalue weighted by Crippen LogP contribution is -2.16. The maximum Gasteiger partial charge on any atom is 0.283 e. The Morgan fingerprint density at radius 3 is 3.00 bits per heavy atom. The first-order valence-electron chi connectivity index (χ1n) is 7.70. The molecule has 0 aliphatic carbocycles. The van der Waals surface area contributed by atoms with Gasteiger partial charge in [-0.3, -0.25) is 9.79 Å². The summed E-state index contributed by atoms with van der Waals surface area (Å²) in [5, 5.41) is 5.39. The second-order valence-electron chi connectivity index (χ2n) is 5.53. The topological polar surface area (TPSA) is 85.6 Å². The molecule has 0 fully saturated rings. The number of allylic oxidation sites excluding steroid dienone is 1. The van der Waals surface area contributed by atoms with Gasteiger partial charge in [0.25, 0.3) is 5.56 Å². The Bertz CT molecular complexity index is 1060. The molecule has 24 heavy (non-hydrogen) atoms. The number of fused-ring (bicyclic) bond motifs is 2. The van der Waals surface area contributed by atoms with Gasteiger partial charge in [-0.25, -0.2) is 0 Å². The Hall–Kier alpha value is -2.80. The molecule has 120 valence electrons. The molecule has 4 rings (SSSR count). The van der Waals surface area contributed by atoms with E-state index in [9.17, 15) is 4.79 Å². The van der Waals surface area contributed by atoms with E-state index in [1.54, 1.807) is 16.8 Å². The molecule has 0 saturated carbocycles. The summed E-state index contributed by atoms with van der Waals surface area (Å²) in [6.07, 6.45) is 5.31. The van der Waals surface area contributed by atoms with Crippen LogP contribution in [0.15, 0.2) is 34.1 Å². The highest BCUT2D eigenvalue weighted by Gasteiger charge is 2.16. The number of nitrogens with zero attached hydrogens (tertiary/aromatic N) is 4. The Morgan fingerprint density at radius 1 is 1.33 bits per heavy atom. The summed E-state index contributed by atoms with van der Waals surface area (Å²) in [4.78, 5) is 21.4. The maximum atomic E-state index is 12.4. The van der Waals surface area contributed by atoms with Crippen molar-refractivity contribution in [3.8, 4) is 0 Å². The van der Waals surface area contributed by atoms with Gasteiger partial charge < -0.3 is 5.73 Å². The van der Waals surface area contributed by atoms with Crippen LogP contribution >= 0.6 is 11.3 Å². The van der Waals surface area contributed by atoms with Gasteiger partial charge in [-0.15, -0.1) is 0 Å². The third kappa shape index (κ3) is 2.33. The monoisotopic (exact) mass is 337 g/mol. The zero-order chi connectivity index (χ0) is 16.7. The lowest BCUT2D eigenvalue weighted by Gasteiger charge is -2.03. The first kappa shape index (κ1) is 14.8. The minimum absolute atomic E-state index is 0.314. The van der Waals surface area contributed by atoms with Crippen molar-refractivity contribution in [2.24, 2.45) is 4.99 Å².